The zero-order valence-electron chi connectivity index (χ0n) is 11.9. The number of carbonyl (C=O) groups is 2. The highest BCUT2D eigenvalue weighted by Crippen LogP contribution is 2.30. The van der Waals surface area contributed by atoms with Crippen LogP contribution in [0.15, 0.2) is 23.8 Å². The molecule has 1 aromatic rings. The molecule has 116 valence electrons. The molecule has 1 atom stereocenters. The Morgan fingerprint density at radius 2 is 2.14 bits per heavy atom. The maximum Gasteiger partial charge on any atom is 0.326 e. The minimum Gasteiger partial charge on any atom is -0.488 e. The first-order chi connectivity index (χ1) is 10.6. The minimum absolute atomic E-state index is 0.149. The molecule has 0 bridgehead atoms. The molecule has 2 heterocycles. The average Bonchev–Trinajstić information content (AvgIpc) is 2.53. The molecule has 0 radical (unpaired) electrons. The minimum atomic E-state index is -0.950. The third kappa shape index (κ3) is 2.81. The van der Waals surface area contributed by atoms with E-state index in [1.165, 1.54) is 4.90 Å². The Labute approximate surface area is 133 Å². The predicted molar refractivity (Wildman–Crippen MR) is 81.9 cm³/mol. The van der Waals surface area contributed by atoms with Gasteiger partial charge in [-0.1, -0.05) is 11.6 Å². The highest BCUT2D eigenvalue weighted by Gasteiger charge is 2.34. The topological polar surface area (TPSA) is 66.8 Å². The van der Waals surface area contributed by atoms with Crippen molar-refractivity contribution in [3.8, 4) is 5.75 Å². The summed E-state index contributed by atoms with van der Waals surface area (Å²) in [6.45, 7) is 0.617. The quantitative estimate of drug-likeness (QED) is 0.909. The summed E-state index contributed by atoms with van der Waals surface area (Å²) in [5.41, 5.74) is 1.20. The summed E-state index contributed by atoms with van der Waals surface area (Å²) in [5, 5.41) is 9.85. The summed E-state index contributed by atoms with van der Waals surface area (Å²) in [6.07, 6.45) is 3.89. The third-order valence-corrected chi connectivity index (χ3v) is 4.24. The number of aliphatic carboxylic acids is 1. The number of hydrogen-bond donors (Lipinski definition) is 1. The van der Waals surface area contributed by atoms with Gasteiger partial charge >= 0.3 is 5.97 Å². The first-order valence-corrected chi connectivity index (χ1v) is 7.61. The van der Waals surface area contributed by atoms with E-state index >= 15 is 0 Å². The maximum absolute atomic E-state index is 12.6. The van der Waals surface area contributed by atoms with Gasteiger partial charge in [-0.3, -0.25) is 4.79 Å². The Morgan fingerprint density at radius 3 is 2.91 bits per heavy atom. The number of rotatable bonds is 2. The Bertz CT molecular complexity index is 656. The summed E-state index contributed by atoms with van der Waals surface area (Å²) in [6, 6.07) is 4.47. The summed E-state index contributed by atoms with van der Waals surface area (Å²) in [4.78, 5) is 25.4. The Kier molecular flexibility index (Phi) is 4.07. The molecular formula is C16H16ClNO4. The molecule has 1 fully saturated rings. The van der Waals surface area contributed by atoms with Crippen LogP contribution in [0.4, 0.5) is 0 Å². The molecule has 2 aliphatic rings. The lowest BCUT2D eigenvalue weighted by Crippen LogP contribution is -2.49. The lowest BCUT2D eigenvalue weighted by Gasteiger charge is -2.34. The first-order valence-electron chi connectivity index (χ1n) is 7.23. The molecule has 0 saturated carbocycles. The van der Waals surface area contributed by atoms with E-state index in [4.69, 9.17) is 16.3 Å². The molecule has 1 saturated heterocycles. The zero-order valence-corrected chi connectivity index (χ0v) is 12.7. The summed E-state index contributed by atoms with van der Waals surface area (Å²) in [7, 11) is 0. The second-order valence-electron chi connectivity index (χ2n) is 5.49. The van der Waals surface area contributed by atoms with Gasteiger partial charge in [-0.15, -0.1) is 0 Å². The van der Waals surface area contributed by atoms with Crippen LogP contribution in [0.2, 0.25) is 5.02 Å². The zero-order chi connectivity index (χ0) is 15.7. The highest BCUT2D eigenvalue weighted by atomic mass is 35.5. The van der Waals surface area contributed by atoms with Crippen molar-refractivity contribution < 1.29 is 19.4 Å². The molecule has 0 spiro atoms. The molecule has 3 rings (SSSR count). The third-order valence-electron chi connectivity index (χ3n) is 4.01. The maximum atomic E-state index is 12.6. The normalized spacial score (nSPS) is 20.7. The van der Waals surface area contributed by atoms with Crippen LogP contribution in [0.3, 0.4) is 0 Å². The highest BCUT2D eigenvalue weighted by molar-refractivity contribution is 6.30. The van der Waals surface area contributed by atoms with Gasteiger partial charge in [-0.05, 0) is 43.5 Å². The molecule has 5 nitrogen and oxygen atoms in total. The lowest BCUT2D eigenvalue weighted by molar-refractivity contribution is -0.150. The van der Waals surface area contributed by atoms with Gasteiger partial charge in [0.05, 0.1) is 5.57 Å². The SMILES string of the molecule is O=C(O)[C@H]1CCCCN1C(=O)C1=Cc2cc(Cl)ccc2OC1. The lowest BCUT2D eigenvalue weighted by atomic mass is 9.99. The second kappa shape index (κ2) is 6.01. The van der Waals surface area contributed by atoms with Gasteiger partial charge in [0.15, 0.2) is 0 Å². The van der Waals surface area contributed by atoms with E-state index in [1.54, 1.807) is 24.3 Å². The summed E-state index contributed by atoms with van der Waals surface area (Å²) < 4.78 is 5.58. The van der Waals surface area contributed by atoms with Crippen molar-refractivity contribution >= 4 is 29.6 Å². The number of carbonyl (C=O) groups excluding carboxylic acids is 1. The molecule has 0 aliphatic carbocycles. The standard InChI is InChI=1S/C16H16ClNO4/c17-12-4-5-14-10(8-12)7-11(9-22-14)15(19)18-6-2-1-3-13(18)16(20)21/h4-5,7-8,13H,1-3,6,9H2,(H,20,21)/t13-/m1/s1. The molecule has 1 amide bonds. The summed E-state index contributed by atoms with van der Waals surface area (Å²) in [5.74, 6) is -0.541. The van der Waals surface area contributed by atoms with Crippen molar-refractivity contribution in [1.82, 2.24) is 4.90 Å². The van der Waals surface area contributed by atoms with Gasteiger partial charge in [0, 0.05) is 17.1 Å². The number of carboxylic acid groups (broad SMARTS) is 1. The van der Waals surface area contributed by atoms with Crippen molar-refractivity contribution in [2.24, 2.45) is 0 Å². The number of nitrogens with zero attached hydrogens (tertiary/aromatic N) is 1. The molecule has 1 N–H and O–H groups in total. The van der Waals surface area contributed by atoms with Crippen LogP contribution in [0.25, 0.3) is 6.08 Å². The van der Waals surface area contributed by atoms with Crippen LogP contribution in [-0.2, 0) is 9.59 Å². The van der Waals surface area contributed by atoms with Crippen molar-refractivity contribution in [3.05, 3.63) is 34.4 Å². The number of likely N-dealkylation sites (tertiary alicyclic amines) is 1. The molecule has 0 aromatic heterocycles. The van der Waals surface area contributed by atoms with E-state index in [0.717, 1.165) is 18.4 Å². The summed E-state index contributed by atoms with van der Waals surface area (Å²) >= 11 is 5.96. The van der Waals surface area contributed by atoms with Gasteiger partial charge in [0.1, 0.15) is 18.4 Å². The van der Waals surface area contributed by atoms with Gasteiger partial charge < -0.3 is 14.7 Å². The van der Waals surface area contributed by atoms with E-state index in [0.29, 0.717) is 29.3 Å². The Morgan fingerprint density at radius 1 is 1.32 bits per heavy atom. The Hall–Kier alpha value is -2.01. The number of halogens is 1. The van der Waals surface area contributed by atoms with Crippen molar-refractivity contribution in [2.75, 3.05) is 13.2 Å². The number of hydrogen-bond acceptors (Lipinski definition) is 3. The number of carboxylic acids is 1. The van der Waals surface area contributed by atoms with E-state index in [9.17, 15) is 14.7 Å². The number of piperidine rings is 1. The van der Waals surface area contributed by atoms with E-state index in [1.807, 2.05) is 0 Å². The van der Waals surface area contributed by atoms with Gasteiger partial charge in [0.25, 0.3) is 5.91 Å². The average molecular weight is 322 g/mol. The van der Waals surface area contributed by atoms with Crippen LogP contribution in [-0.4, -0.2) is 41.1 Å². The van der Waals surface area contributed by atoms with Crippen molar-refractivity contribution in [1.29, 1.82) is 0 Å². The smallest absolute Gasteiger partial charge is 0.326 e. The van der Waals surface area contributed by atoms with E-state index in [-0.39, 0.29) is 12.5 Å². The van der Waals surface area contributed by atoms with Crippen molar-refractivity contribution in [2.45, 2.75) is 25.3 Å². The van der Waals surface area contributed by atoms with Gasteiger partial charge in [0.2, 0.25) is 0 Å². The van der Waals surface area contributed by atoms with Crippen LogP contribution < -0.4 is 4.74 Å². The van der Waals surface area contributed by atoms with Crippen LogP contribution in [0.1, 0.15) is 24.8 Å². The molecule has 22 heavy (non-hydrogen) atoms. The number of benzene rings is 1. The van der Waals surface area contributed by atoms with Crippen molar-refractivity contribution in [3.63, 3.8) is 0 Å². The van der Waals surface area contributed by atoms with Crippen LogP contribution >= 0.6 is 11.6 Å². The molecule has 2 aliphatic heterocycles. The van der Waals surface area contributed by atoms with Gasteiger partial charge in [-0.25, -0.2) is 4.79 Å². The van der Waals surface area contributed by atoms with Crippen LogP contribution in [0, 0.1) is 0 Å². The number of ether oxygens (including phenoxy) is 1. The molecule has 1 aromatic carbocycles. The Balaban J connectivity index is 1.87. The number of fused-ring (bicyclic) bond motifs is 1. The molecule has 0 unspecified atom stereocenters. The van der Waals surface area contributed by atoms with Crippen LogP contribution in [0.5, 0.6) is 5.75 Å². The van der Waals surface area contributed by atoms with E-state index in [2.05, 4.69) is 0 Å². The largest absolute Gasteiger partial charge is 0.488 e. The molecular weight excluding hydrogens is 306 g/mol. The van der Waals surface area contributed by atoms with E-state index < -0.39 is 12.0 Å². The fourth-order valence-electron chi connectivity index (χ4n) is 2.89. The monoisotopic (exact) mass is 321 g/mol. The fourth-order valence-corrected chi connectivity index (χ4v) is 3.07. The predicted octanol–water partition coefficient (Wildman–Crippen LogP) is 2.58. The number of amides is 1. The fraction of sp³-hybridized carbons (Fsp3) is 0.375. The first kappa shape index (κ1) is 14.9. The van der Waals surface area contributed by atoms with Gasteiger partial charge in [-0.2, -0.15) is 0 Å². The molecule has 6 heteroatoms. The second-order valence-corrected chi connectivity index (χ2v) is 5.93.